The Hall–Kier alpha value is -1.66. The standard InChI is InChI=1S/C14H14BrClN2O3/c1-18(8-10-4-6-13(15)21-10)14(19)17-12-5-3-9(20-2)7-11(12)16/h3-7H,8H2,1-2H3,(H,17,19). The number of ether oxygens (including phenoxy) is 1. The molecule has 0 radical (unpaired) electrons. The summed E-state index contributed by atoms with van der Waals surface area (Å²) in [5.74, 6) is 1.31. The highest BCUT2D eigenvalue weighted by atomic mass is 79.9. The first-order valence-electron chi connectivity index (χ1n) is 6.09. The van der Waals surface area contributed by atoms with Crippen molar-refractivity contribution in [2.24, 2.45) is 0 Å². The van der Waals surface area contributed by atoms with Crippen LogP contribution in [0.3, 0.4) is 0 Å². The van der Waals surface area contributed by atoms with Crippen LogP contribution in [0, 0.1) is 0 Å². The van der Waals surface area contributed by atoms with Crippen LogP contribution >= 0.6 is 27.5 Å². The molecule has 0 aliphatic rings. The number of methoxy groups -OCH3 is 1. The van der Waals surface area contributed by atoms with Crippen molar-refractivity contribution < 1.29 is 13.9 Å². The van der Waals surface area contributed by atoms with Crippen LogP contribution in [0.5, 0.6) is 5.75 Å². The summed E-state index contributed by atoms with van der Waals surface area (Å²) in [5, 5.41) is 3.15. The summed E-state index contributed by atoms with van der Waals surface area (Å²) in [6.45, 7) is 0.352. The van der Waals surface area contributed by atoms with Crippen LogP contribution in [0.1, 0.15) is 5.76 Å². The summed E-state index contributed by atoms with van der Waals surface area (Å²) >= 11 is 9.30. The highest BCUT2D eigenvalue weighted by molar-refractivity contribution is 9.10. The number of anilines is 1. The molecular formula is C14H14BrClN2O3. The Labute approximate surface area is 135 Å². The molecule has 1 aromatic carbocycles. The van der Waals surface area contributed by atoms with Gasteiger partial charge in [-0.1, -0.05) is 11.6 Å². The highest BCUT2D eigenvalue weighted by Gasteiger charge is 2.13. The van der Waals surface area contributed by atoms with Gasteiger partial charge in [-0.15, -0.1) is 0 Å². The van der Waals surface area contributed by atoms with E-state index in [4.69, 9.17) is 20.8 Å². The fraction of sp³-hybridized carbons (Fsp3) is 0.214. The van der Waals surface area contributed by atoms with E-state index in [2.05, 4.69) is 21.2 Å². The first-order valence-corrected chi connectivity index (χ1v) is 7.26. The van der Waals surface area contributed by atoms with E-state index in [1.165, 1.54) is 4.90 Å². The van der Waals surface area contributed by atoms with Crippen molar-refractivity contribution in [3.05, 3.63) is 45.8 Å². The van der Waals surface area contributed by atoms with E-state index in [1.54, 1.807) is 44.5 Å². The lowest BCUT2D eigenvalue weighted by atomic mass is 10.3. The maximum Gasteiger partial charge on any atom is 0.322 e. The molecule has 21 heavy (non-hydrogen) atoms. The summed E-state index contributed by atoms with van der Waals surface area (Å²) in [6, 6.07) is 8.35. The predicted octanol–water partition coefficient (Wildman–Crippen LogP) is 4.37. The predicted molar refractivity (Wildman–Crippen MR) is 84.9 cm³/mol. The van der Waals surface area contributed by atoms with E-state index in [1.807, 2.05) is 0 Å². The minimum atomic E-state index is -0.283. The average Bonchev–Trinajstić information content (AvgIpc) is 2.86. The van der Waals surface area contributed by atoms with Gasteiger partial charge in [0.05, 0.1) is 24.4 Å². The van der Waals surface area contributed by atoms with Crippen LogP contribution in [-0.2, 0) is 6.54 Å². The summed E-state index contributed by atoms with van der Waals surface area (Å²) < 4.78 is 11.0. The number of nitrogens with zero attached hydrogens (tertiary/aromatic N) is 1. The van der Waals surface area contributed by atoms with Gasteiger partial charge in [0.15, 0.2) is 4.67 Å². The minimum absolute atomic E-state index is 0.283. The average molecular weight is 374 g/mol. The Kier molecular flexibility index (Phi) is 5.14. The van der Waals surface area contributed by atoms with Gasteiger partial charge >= 0.3 is 6.03 Å². The molecule has 1 aromatic heterocycles. The zero-order valence-corrected chi connectivity index (χ0v) is 13.9. The van der Waals surface area contributed by atoms with E-state index in [0.29, 0.717) is 33.4 Å². The Morgan fingerprint density at radius 3 is 2.76 bits per heavy atom. The zero-order chi connectivity index (χ0) is 15.4. The monoisotopic (exact) mass is 372 g/mol. The van der Waals surface area contributed by atoms with Crippen molar-refractivity contribution in [1.82, 2.24) is 4.90 Å². The topological polar surface area (TPSA) is 54.7 Å². The van der Waals surface area contributed by atoms with Crippen molar-refractivity contribution in [2.75, 3.05) is 19.5 Å². The number of amides is 2. The Morgan fingerprint density at radius 2 is 2.19 bits per heavy atom. The van der Waals surface area contributed by atoms with E-state index in [9.17, 15) is 4.79 Å². The second-order valence-electron chi connectivity index (χ2n) is 4.34. The lowest BCUT2D eigenvalue weighted by Gasteiger charge is -2.17. The molecule has 0 spiro atoms. The third kappa shape index (κ3) is 4.15. The summed E-state index contributed by atoms with van der Waals surface area (Å²) in [6.07, 6.45) is 0. The third-order valence-corrected chi connectivity index (χ3v) is 3.53. The molecule has 1 N–H and O–H groups in total. The van der Waals surface area contributed by atoms with Crippen molar-refractivity contribution in [1.29, 1.82) is 0 Å². The van der Waals surface area contributed by atoms with Crippen molar-refractivity contribution in [2.45, 2.75) is 6.54 Å². The molecule has 0 saturated heterocycles. The summed E-state index contributed by atoms with van der Waals surface area (Å²) in [4.78, 5) is 13.6. The molecule has 2 aromatic rings. The number of urea groups is 1. The van der Waals surface area contributed by atoms with Gasteiger partial charge in [0.25, 0.3) is 0 Å². The van der Waals surface area contributed by atoms with E-state index in [-0.39, 0.29) is 6.03 Å². The first-order chi connectivity index (χ1) is 9.99. The maximum absolute atomic E-state index is 12.1. The van der Waals surface area contributed by atoms with E-state index >= 15 is 0 Å². The lowest BCUT2D eigenvalue weighted by Crippen LogP contribution is -2.30. The van der Waals surface area contributed by atoms with Gasteiger partial charge in [-0.25, -0.2) is 4.79 Å². The van der Waals surface area contributed by atoms with Crippen LogP contribution in [-0.4, -0.2) is 25.1 Å². The lowest BCUT2D eigenvalue weighted by molar-refractivity contribution is 0.216. The molecule has 1 heterocycles. The van der Waals surface area contributed by atoms with Crippen molar-refractivity contribution in [3.8, 4) is 5.75 Å². The van der Waals surface area contributed by atoms with Crippen LogP contribution in [0.4, 0.5) is 10.5 Å². The number of benzene rings is 1. The number of hydrogen-bond acceptors (Lipinski definition) is 3. The quantitative estimate of drug-likeness (QED) is 0.866. The number of carbonyl (C=O) groups excluding carboxylic acids is 1. The molecule has 0 aliphatic heterocycles. The second kappa shape index (κ2) is 6.87. The molecule has 0 aliphatic carbocycles. The largest absolute Gasteiger partial charge is 0.497 e. The molecule has 0 fully saturated rings. The van der Waals surface area contributed by atoms with Gasteiger partial charge in [-0.3, -0.25) is 0 Å². The van der Waals surface area contributed by atoms with Crippen LogP contribution in [0.15, 0.2) is 39.4 Å². The van der Waals surface area contributed by atoms with Gasteiger partial charge in [0, 0.05) is 13.1 Å². The first kappa shape index (κ1) is 15.7. The zero-order valence-electron chi connectivity index (χ0n) is 11.5. The molecule has 0 unspecified atom stereocenters. The summed E-state index contributed by atoms with van der Waals surface area (Å²) in [5.41, 5.74) is 0.523. The Balaban J connectivity index is 2.00. The van der Waals surface area contributed by atoms with Gasteiger partial charge in [0.2, 0.25) is 0 Å². The van der Waals surface area contributed by atoms with Crippen LogP contribution in [0.2, 0.25) is 5.02 Å². The second-order valence-corrected chi connectivity index (χ2v) is 5.53. The molecule has 0 atom stereocenters. The van der Waals surface area contributed by atoms with Crippen molar-refractivity contribution in [3.63, 3.8) is 0 Å². The fourth-order valence-electron chi connectivity index (χ4n) is 1.68. The van der Waals surface area contributed by atoms with Gasteiger partial charge in [-0.2, -0.15) is 0 Å². The molecule has 7 heteroatoms. The normalized spacial score (nSPS) is 10.3. The minimum Gasteiger partial charge on any atom is -0.497 e. The van der Waals surface area contributed by atoms with Gasteiger partial charge in [-0.05, 0) is 40.2 Å². The van der Waals surface area contributed by atoms with Crippen LogP contribution < -0.4 is 10.1 Å². The van der Waals surface area contributed by atoms with Gasteiger partial charge < -0.3 is 19.4 Å². The summed E-state index contributed by atoms with van der Waals surface area (Å²) in [7, 11) is 3.22. The molecular weight excluding hydrogens is 360 g/mol. The molecule has 2 amide bonds. The fourth-order valence-corrected chi connectivity index (χ4v) is 2.23. The van der Waals surface area contributed by atoms with E-state index < -0.39 is 0 Å². The molecule has 5 nitrogen and oxygen atoms in total. The third-order valence-electron chi connectivity index (χ3n) is 2.79. The number of furan rings is 1. The Morgan fingerprint density at radius 1 is 1.43 bits per heavy atom. The molecule has 112 valence electrons. The van der Waals surface area contributed by atoms with Crippen molar-refractivity contribution >= 4 is 39.2 Å². The number of hydrogen-bond donors (Lipinski definition) is 1. The number of rotatable bonds is 4. The van der Waals surface area contributed by atoms with E-state index in [0.717, 1.165) is 0 Å². The SMILES string of the molecule is COc1ccc(NC(=O)N(C)Cc2ccc(Br)o2)c(Cl)c1. The molecule has 0 bridgehead atoms. The smallest absolute Gasteiger partial charge is 0.322 e. The molecule has 0 saturated carbocycles. The Bertz CT molecular complexity index is 645. The maximum atomic E-state index is 12.1. The number of carbonyl (C=O) groups is 1. The number of nitrogens with one attached hydrogen (secondary N) is 1. The molecule has 2 rings (SSSR count). The van der Waals surface area contributed by atoms with Gasteiger partial charge in [0.1, 0.15) is 11.5 Å². The number of halogens is 2. The van der Waals surface area contributed by atoms with Crippen LogP contribution in [0.25, 0.3) is 0 Å². The highest BCUT2D eigenvalue weighted by Crippen LogP contribution is 2.27.